The van der Waals surface area contributed by atoms with Crippen molar-refractivity contribution in [2.45, 2.75) is 45.9 Å². The van der Waals surface area contributed by atoms with Crippen LogP contribution in [0.25, 0.3) is 10.9 Å². The van der Waals surface area contributed by atoms with Crippen molar-refractivity contribution in [1.29, 1.82) is 0 Å². The molecular formula is C20H25Cl2N3O5S. The van der Waals surface area contributed by atoms with Gasteiger partial charge in [0.2, 0.25) is 10.0 Å². The first-order valence-corrected chi connectivity index (χ1v) is 12.0. The van der Waals surface area contributed by atoms with Crippen LogP contribution < -0.4 is 10.1 Å². The maximum atomic E-state index is 13.0. The predicted octanol–water partition coefficient (Wildman–Crippen LogP) is 4.28. The zero-order valence-corrected chi connectivity index (χ0v) is 20.3. The van der Waals surface area contributed by atoms with Gasteiger partial charge in [-0.15, -0.1) is 0 Å². The van der Waals surface area contributed by atoms with Crippen LogP contribution in [0.15, 0.2) is 12.3 Å². The number of hydrogen-bond acceptors (Lipinski definition) is 6. The van der Waals surface area contributed by atoms with Gasteiger partial charge in [0.25, 0.3) is 0 Å². The average Bonchev–Trinajstić information content (AvgIpc) is 3.00. The highest BCUT2D eigenvalue weighted by atomic mass is 35.5. The quantitative estimate of drug-likeness (QED) is 0.672. The molecule has 0 fully saturated rings. The van der Waals surface area contributed by atoms with Crippen molar-refractivity contribution in [3.8, 4) is 5.75 Å². The number of carbonyl (C=O) groups is 1. The molecule has 1 aliphatic rings. The summed E-state index contributed by atoms with van der Waals surface area (Å²) in [6, 6.07) is 1.28. The van der Waals surface area contributed by atoms with Gasteiger partial charge < -0.3 is 14.8 Å². The Hall–Kier alpha value is -1.81. The highest BCUT2D eigenvalue weighted by Gasteiger charge is 2.37. The molecule has 11 heteroatoms. The van der Waals surface area contributed by atoms with Gasteiger partial charge in [0, 0.05) is 30.7 Å². The van der Waals surface area contributed by atoms with Gasteiger partial charge in [0.1, 0.15) is 16.4 Å². The average molecular weight is 490 g/mol. The highest BCUT2D eigenvalue weighted by molar-refractivity contribution is 7.89. The number of alkyl carbamates (subject to hydrolysis) is 1. The molecule has 0 aliphatic carbocycles. The van der Waals surface area contributed by atoms with Gasteiger partial charge in [0.15, 0.2) is 0 Å². The molecule has 3 rings (SSSR count). The topological polar surface area (TPSA) is 97.8 Å². The first-order chi connectivity index (χ1) is 14.4. The largest absolute Gasteiger partial charge is 0.495 e. The summed E-state index contributed by atoms with van der Waals surface area (Å²) >= 11 is 12.6. The second-order valence-corrected chi connectivity index (χ2v) is 11.1. The number of ether oxygens (including phenoxy) is 2. The third-order valence-electron chi connectivity index (χ3n) is 4.91. The summed E-state index contributed by atoms with van der Waals surface area (Å²) in [7, 11) is -2.19. The molecule has 1 amide bonds. The molecule has 1 N–H and O–H groups in total. The van der Waals surface area contributed by atoms with E-state index in [1.165, 1.54) is 11.4 Å². The Bertz CT molecular complexity index is 1130. The van der Waals surface area contributed by atoms with E-state index in [-0.39, 0.29) is 28.9 Å². The number of aromatic nitrogens is 1. The lowest BCUT2D eigenvalue weighted by Crippen LogP contribution is -2.38. The Morgan fingerprint density at radius 1 is 1.32 bits per heavy atom. The van der Waals surface area contributed by atoms with E-state index in [9.17, 15) is 13.2 Å². The van der Waals surface area contributed by atoms with Gasteiger partial charge in [-0.1, -0.05) is 23.2 Å². The Morgan fingerprint density at radius 2 is 2.00 bits per heavy atom. The third kappa shape index (κ3) is 4.84. The number of benzene rings is 1. The standard InChI is InChI=1S/C20H25Cl2N3O5S/c1-11-15-12(9-24-18-13(15)8-14(29-5)16(21)17(18)22)10-25(11)31(27,28)7-6-23-19(26)30-20(2,3)4/h8-9,11H,6-7,10H2,1-5H3,(H,23,26)/t11-/m0/s1. The SMILES string of the molecule is COc1cc2c3c(cnc2c(Cl)c1Cl)CN(S(=O)(=O)CCNC(=O)OC(C)(C)C)[C@H]3C. The van der Waals surface area contributed by atoms with E-state index >= 15 is 0 Å². The predicted molar refractivity (Wildman–Crippen MR) is 120 cm³/mol. The van der Waals surface area contributed by atoms with Gasteiger partial charge in [-0.25, -0.2) is 13.2 Å². The molecule has 2 aromatic rings. The molecule has 8 nitrogen and oxygen atoms in total. The van der Waals surface area contributed by atoms with Crippen LogP contribution in [0.1, 0.15) is 44.9 Å². The minimum Gasteiger partial charge on any atom is -0.495 e. The second-order valence-electron chi connectivity index (χ2n) is 8.27. The lowest BCUT2D eigenvalue weighted by molar-refractivity contribution is 0.0531. The molecular weight excluding hydrogens is 465 g/mol. The van der Waals surface area contributed by atoms with Crippen molar-refractivity contribution in [2.75, 3.05) is 19.4 Å². The maximum absolute atomic E-state index is 13.0. The van der Waals surface area contributed by atoms with Gasteiger partial charge in [-0.05, 0) is 44.9 Å². The van der Waals surface area contributed by atoms with Gasteiger partial charge in [0.05, 0.1) is 23.4 Å². The molecule has 31 heavy (non-hydrogen) atoms. The molecule has 0 saturated carbocycles. The van der Waals surface area contributed by atoms with Crippen LogP contribution in [0, 0.1) is 0 Å². The number of nitrogens with zero attached hydrogens (tertiary/aromatic N) is 2. The number of methoxy groups -OCH3 is 1. The van der Waals surface area contributed by atoms with Crippen molar-refractivity contribution in [1.82, 2.24) is 14.6 Å². The van der Waals surface area contributed by atoms with Gasteiger partial charge in [-0.2, -0.15) is 4.31 Å². The fraction of sp³-hybridized carbons (Fsp3) is 0.500. The molecule has 0 saturated heterocycles. The summed E-state index contributed by atoms with van der Waals surface area (Å²) in [6.07, 6.45) is 0.964. The van der Waals surface area contributed by atoms with Crippen molar-refractivity contribution in [2.24, 2.45) is 0 Å². The second kappa shape index (κ2) is 8.61. The summed E-state index contributed by atoms with van der Waals surface area (Å²) in [4.78, 5) is 16.2. The smallest absolute Gasteiger partial charge is 0.407 e. The number of amides is 1. The number of nitrogens with one attached hydrogen (secondary N) is 1. The number of carbonyl (C=O) groups excluding carboxylic acids is 1. The maximum Gasteiger partial charge on any atom is 0.407 e. The van der Waals surface area contributed by atoms with Crippen molar-refractivity contribution >= 4 is 50.2 Å². The lowest BCUT2D eigenvalue weighted by Gasteiger charge is -2.23. The summed E-state index contributed by atoms with van der Waals surface area (Å²) in [5, 5.41) is 3.70. The summed E-state index contributed by atoms with van der Waals surface area (Å²) in [6.45, 7) is 7.12. The molecule has 1 atom stereocenters. The summed E-state index contributed by atoms with van der Waals surface area (Å²) in [5.41, 5.74) is 1.42. The van der Waals surface area contributed by atoms with Crippen molar-refractivity contribution < 1.29 is 22.7 Å². The van der Waals surface area contributed by atoms with E-state index in [0.717, 1.165) is 11.1 Å². The number of fused-ring (bicyclic) bond motifs is 3. The van der Waals surface area contributed by atoms with E-state index in [1.54, 1.807) is 40.0 Å². The zero-order valence-electron chi connectivity index (χ0n) is 18.0. The Morgan fingerprint density at radius 3 is 2.61 bits per heavy atom. The number of hydrogen-bond donors (Lipinski definition) is 1. The van der Waals surface area contributed by atoms with E-state index in [1.807, 2.05) is 0 Å². The van der Waals surface area contributed by atoms with E-state index in [2.05, 4.69) is 10.3 Å². The monoisotopic (exact) mass is 489 g/mol. The van der Waals surface area contributed by atoms with E-state index in [0.29, 0.717) is 16.7 Å². The van der Waals surface area contributed by atoms with Crippen LogP contribution in [0.2, 0.25) is 10.0 Å². The number of sulfonamides is 1. The number of rotatable bonds is 5. The van der Waals surface area contributed by atoms with Crippen LogP contribution in [-0.2, 0) is 21.3 Å². The molecule has 0 bridgehead atoms. The van der Waals surface area contributed by atoms with Gasteiger partial charge >= 0.3 is 6.09 Å². The highest BCUT2D eigenvalue weighted by Crippen LogP contribution is 2.44. The summed E-state index contributed by atoms with van der Waals surface area (Å²) in [5.74, 6) is 0.135. The van der Waals surface area contributed by atoms with Crippen molar-refractivity contribution in [3.63, 3.8) is 0 Å². The molecule has 1 aromatic heterocycles. The minimum atomic E-state index is -3.67. The molecule has 0 spiro atoms. The fourth-order valence-electron chi connectivity index (χ4n) is 3.58. The fourth-order valence-corrected chi connectivity index (χ4v) is 5.56. The Labute approximate surface area is 191 Å². The molecule has 1 aliphatic heterocycles. The van der Waals surface area contributed by atoms with Crippen LogP contribution in [0.4, 0.5) is 4.79 Å². The molecule has 1 aromatic carbocycles. The van der Waals surface area contributed by atoms with E-state index < -0.39 is 27.8 Å². The normalized spacial score (nSPS) is 16.9. The summed E-state index contributed by atoms with van der Waals surface area (Å²) < 4.78 is 37.8. The number of halogens is 2. The Kier molecular flexibility index (Phi) is 6.63. The molecule has 170 valence electrons. The molecule has 0 unspecified atom stereocenters. The minimum absolute atomic E-state index is 0.0644. The lowest BCUT2D eigenvalue weighted by atomic mass is 10.0. The third-order valence-corrected chi connectivity index (χ3v) is 7.63. The van der Waals surface area contributed by atoms with Crippen LogP contribution in [0.3, 0.4) is 0 Å². The van der Waals surface area contributed by atoms with Crippen LogP contribution in [-0.4, -0.2) is 48.8 Å². The Balaban J connectivity index is 1.83. The van der Waals surface area contributed by atoms with E-state index in [4.69, 9.17) is 32.7 Å². The first-order valence-electron chi connectivity index (χ1n) is 9.65. The molecule has 2 heterocycles. The van der Waals surface area contributed by atoms with Crippen molar-refractivity contribution in [3.05, 3.63) is 33.4 Å². The van der Waals surface area contributed by atoms with Gasteiger partial charge in [-0.3, -0.25) is 4.98 Å². The zero-order chi connectivity index (χ0) is 23.1. The number of pyridine rings is 1. The molecule has 0 radical (unpaired) electrons. The van der Waals surface area contributed by atoms with Crippen LogP contribution >= 0.6 is 23.2 Å². The van der Waals surface area contributed by atoms with Crippen LogP contribution in [0.5, 0.6) is 5.75 Å². The first kappa shape index (κ1) is 23.8.